The summed E-state index contributed by atoms with van der Waals surface area (Å²) in [6.45, 7) is 0. The molecule has 1 nitrogen and oxygen atoms in total. The molecule has 1 N–H and O–H groups in total. The summed E-state index contributed by atoms with van der Waals surface area (Å²) in [5, 5.41) is -0.180. The highest BCUT2D eigenvalue weighted by molar-refractivity contribution is 6.22. The molecule has 100 valence electrons. The van der Waals surface area contributed by atoms with Crippen LogP contribution in [-0.4, -0.2) is 35.5 Å². The van der Waals surface area contributed by atoms with E-state index in [-0.39, 0.29) is 0 Å². The van der Waals surface area contributed by atoms with Crippen LogP contribution in [-0.2, 0) is 0 Å². The molecule has 4 atom stereocenters. The first kappa shape index (κ1) is 13.2. The first-order valence-electron chi connectivity index (χ1n) is 4.71. The van der Waals surface area contributed by atoms with Gasteiger partial charge in [0, 0.05) is 5.92 Å². The van der Waals surface area contributed by atoms with Crippen LogP contribution in [0, 0.1) is 5.92 Å². The number of nitrogens with one attached hydrogen (secondary N) is 1. The summed E-state index contributed by atoms with van der Waals surface area (Å²) in [5.41, 5.74) is -4.08. The number of hydrogen-bond acceptors (Lipinski definition) is 1. The Morgan fingerprint density at radius 3 is 1.76 bits per heavy atom. The zero-order chi connectivity index (χ0) is 13.2. The van der Waals surface area contributed by atoms with Crippen LogP contribution < -0.4 is 5.32 Å². The predicted octanol–water partition coefficient (Wildman–Crippen LogP) is 2.79. The van der Waals surface area contributed by atoms with E-state index in [2.05, 4.69) is 0 Å². The van der Waals surface area contributed by atoms with E-state index in [1.165, 1.54) is 5.32 Å². The Kier molecular flexibility index (Phi) is 2.64. The van der Waals surface area contributed by atoms with Crippen molar-refractivity contribution in [2.75, 3.05) is 0 Å². The molecule has 0 radical (unpaired) electrons. The molecule has 1 aliphatic heterocycles. The molecule has 2 aliphatic rings. The van der Waals surface area contributed by atoms with Gasteiger partial charge in [0.25, 0.3) is 0 Å². The summed E-state index contributed by atoms with van der Waals surface area (Å²) in [6.07, 6.45) is -13.7. The highest BCUT2D eigenvalue weighted by atomic mass is 35.5. The summed E-state index contributed by atoms with van der Waals surface area (Å²) < 4.78 is 89.3. The quantitative estimate of drug-likeness (QED) is 0.533. The van der Waals surface area contributed by atoms with Gasteiger partial charge in [-0.2, -0.15) is 26.3 Å². The third-order valence-electron chi connectivity index (χ3n) is 3.44. The van der Waals surface area contributed by atoms with Gasteiger partial charge in [-0.05, 0) is 6.42 Å². The lowest BCUT2D eigenvalue weighted by molar-refractivity contribution is -0.320. The summed E-state index contributed by atoms with van der Waals surface area (Å²) in [7, 11) is 0. The molecule has 17 heavy (non-hydrogen) atoms. The number of hydrogen-bond donors (Lipinski definition) is 1. The van der Waals surface area contributed by atoms with Crippen LogP contribution in [0.15, 0.2) is 0 Å². The molecule has 1 saturated heterocycles. The lowest BCUT2D eigenvalue weighted by Crippen LogP contribution is -2.70. The minimum atomic E-state index is -5.56. The second kappa shape index (κ2) is 3.40. The molecule has 1 saturated carbocycles. The van der Waals surface area contributed by atoms with Crippen molar-refractivity contribution in [3.8, 4) is 0 Å². The molecule has 0 aromatic carbocycles. The average Bonchev–Trinajstić information content (AvgIpc) is 2.53. The Morgan fingerprint density at radius 2 is 1.53 bits per heavy atom. The van der Waals surface area contributed by atoms with Gasteiger partial charge in [-0.15, -0.1) is 11.6 Å². The monoisotopic (exact) mass is 285 g/mol. The van der Waals surface area contributed by atoms with Crippen molar-refractivity contribution in [2.45, 2.75) is 41.9 Å². The third kappa shape index (κ3) is 1.49. The fourth-order valence-corrected chi connectivity index (χ4v) is 3.18. The number of fused-ring (bicyclic) bond motifs is 2. The van der Waals surface area contributed by atoms with Crippen molar-refractivity contribution in [1.82, 2.24) is 5.32 Å². The van der Waals surface area contributed by atoms with Crippen molar-refractivity contribution in [1.29, 1.82) is 0 Å². The van der Waals surface area contributed by atoms with E-state index in [0.717, 1.165) is 0 Å². The van der Waals surface area contributed by atoms with E-state index in [4.69, 9.17) is 11.6 Å². The van der Waals surface area contributed by atoms with Gasteiger partial charge in [0.2, 0.25) is 5.54 Å². The van der Waals surface area contributed by atoms with Crippen LogP contribution in [0.3, 0.4) is 0 Å². The molecule has 2 fully saturated rings. The van der Waals surface area contributed by atoms with Crippen molar-refractivity contribution in [3.05, 3.63) is 0 Å². The molecule has 0 spiro atoms. The average molecular weight is 286 g/mol. The molecular formula is C8H7ClF7N. The molecule has 0 aromatic heterocycles. The largest absolute Gasteiger partial charge is 0.415 e. The van der Waals surface area contributed by atoms with E-state index in [0.29, 0.717) is 0 Å². The van der Waals surface area contributed by atoms with Gasteiger partial charge < -0.3 is 0 Å². The Labute approximate surface area is 96.3 Å². The third-order valence-corrected chi connectivity index (χ3v) is 4.02. The summed E-state index contributed by atoms with van der Waals surface area (Å²) >= 11 is 5.46. The zero-order valence-electron chi connectivity index (χ0n) is 8.04. The number of rotatable bonds is 0. The van der Waals surface area contributed by atoms with Crippen LogP contribution in [0.4, 0.5) is 30.7 Å². The van der Waals surface area contributed by atoms with Gasteiger partial charge in [0.1, 0.15) is 6.17 Å². The van der Waals surface area contributed by atoms with E-state index in [9.17, 15) is 30.7 Å². The van der Waals surface area contributed by atoms with Crippen LogP contribution in [0.25, 0.3) is 0 Å². The van der Waals surface area contributed by atoms with E-state index >= 15 is 0 Å². The molecule has 1 heterocycles. The zero-order valence-corrected chi connectivity index (χ0v) is 8.80. The normalized spacial score (nSPS) is 40.9. The molecule has 9 heteroatoms. The topological polar surface area (TPSA) is 12.0 Å². The highest BCUT2D eigenvalue weighted by Gasteiger charge is 2.81. The van der Waals surface area contributed by atoms with E-state index in [1.807, 2.05) is 0 Å². The van der Waals surface area contributed by atoms with Crippen LogP contribution >= 0.6 is 11.6 Å². The lowest BCUT2D eigenvalue weighted by Gasteiger charge is -2.41. The Morgan fingerprint density at radius 1 is 1.06 bits per heavy atom. The van der Waals surface area contributed by atoms with Gasteiger partial charge in [0.15, 0.2) is 0 Å². The van der Waals surface area contributed by atoms with Crippen molar-refractivity contribution in [3.63, 3.8) is 0 Å². The standard InChI is InChI=1S/C8H7ClF7N/c9-4-2-1-3(10)5(4)17-6(2,7(11,12)13)8(14,15)16/h2-5,17H,1H2/t2-,3+,4-,5+/m0/s1. The molecule has 2 bridgehead atoms. The molecule has 0 amide bonds. The molecule has 1 aliphatic carbocycles. The smallest absolute Gasteiger partial charge is 0.289 e. The van der Waals surface area contributed by atoms with Crippen molar-refractivity contribution >= 4 is 11.6 Å². The minimum Gasteiger partial charge on any atom is -0.289 e. The predicted molar refractivity (Wildman–Crippen MR) is 44.4 cm³/mol. The second-order valence-corrected chi connectivity index (χ2v) is 4.78. The molecule has 0 aromatic rings. The molecule has 0 unspecified atom stereocenters. The number of alkyl halides is 8. The van der Waals surface area contributed by atoms with Gasteiger partial charge in [-0.1, -0.05) is 0 Å². The maximum Gasteiger partial charge on any atom is 0.415 e. The molecule has 2 rings (SSSR count). The van der Waals surface area contributed by atoms with E-state index in [1.54, 1.807) is 0 Å². The maximum atomic E-state index is 13.1. The highest BCUT2D eigenvalue weighted by Crippen LogP contribution is 2.58. The van der Waals surface area contributed by atoms with Gasteiger partial charge >= 0.3 is 12.4 Å². The summed E-state index contributed by atoms with van der Waals surface area (Å²) in [5.74, 6) is -2.02. The van der Waals surface area contributed by atoms with Crippen LogP contribution in [0.5, 0.6) is 0 Å². The Bertz CT molecular complexity index is 311. The van der Waals surface area contributed by atoms with Gasteiger partial charge in [-0.25, -0.2) is 4.39 Å². The Balaban J connectivity index is 2.48. The first-order chi connectivity index (χ1) is 7.52. The van der Waals surface area contributed by atoms with Gasteiger partial charge in [-0.3, -0.25) is 5.32 Å². The van der Waals surface area contributed by atoms with Gasteiger partial charge in [0.05, 0.1) is 11.4 Å². The van der Waals surface area contributed by atoms with Crippen molar-refractivity contribution < 1.29 is 30.7 Å². The van der Waals surface area contributed by atoms with Crippen molar-refractivity contribution in [2.24, 2.45) is 5.92 Å². The summed E-state index contributed by atoms with van der Waals surface area (Å²) in [4.78, 5) is 0. The minimum absolute atomic E-state index is 0.829. The fourth-order valence-electron chi connectivity index (χ4n) is 2.67. The fraction of sp³-hybridized carbons (Fsp3) is 1.00. The number of halogens is 8. The summed E-state index contributed by atoms with van der Waals surface area (Å²) in [6, 6.07) is -1.61. The van der Waals surface area contributed by atoms with E-state index < -0.39 is 47.8 Å². The lowest BCUT2D eigenvalue weighted by atomic mass is 9.82. The Hall–Kier alpha value is -0.240. The van der Waals surface area contributed by atoms with Crippen LogP contribution in [0.2, 0.25) is 0 Å². The second-order valence-electron chi connectivity index (χ2n) is 4.28. The number of piperidine rings is 1. The maximum absolute atomic E-state index is 13.1. The SMILES string of the molecule is F[C@@H]1C[C@H]2[C@H](Cl)[C@@H]1NC2(C(F)(F)F)C(F)(F)F. The van der Waals surface area contributed by atoms with Crippen LogP contribution in [0.1, 0.15) is 6.42 Å². The molecular weight excluding hydrogens is 279 g/mol. The first-order valence-corrected chi connectivity index (χ1v) is 5.15.